The Bertz CT molecular complexity index is 785. The SMILES string of the molecule is CC1CN(c2ccc(Cl)c(Cl)c2)N=C1NC(=O)CCCNC(=O)CCC(=O)O. The Hall–Kier alpha value is -2.32. The zero-order chi connectivity index (χ0) is 20.7. The highest BCUT2D eigenvalue weighted by Gasteiger charge is 2.25. The number of carbonyl (C=O) groups is 3. The zero-order valence-electron chi connectivity index (χ0n) is 15.4. The third-order valence-electron chi connectivity index (χ3n) is 4.08. The highest BCUT2D eigenvalue weighted by atomic mass is 35.5. The number of carboxylic acids is 1. The number of aliphatic carboxylic acids is 1. The van der Waals surface area contributed by atoms with Crippen molar-refractivity contribution < 1.29 is 19.5 Å². The fourth-order valence-corrected chi connectivity index (χ4v) is 2.86. The Morgan fingerprint density at radius 1 is 1.18 bits per heavy atom. The van der Waals surface area contributed by atoms with Crippen LogP contribution in [0.2, 0.25) is 10.0 Å². The van der Waals surface area contributed by atoms with Gasteiger partial charge in [-0.15, -0.1) is 0 Å². The van der Waals surface area contributed by atoms with Crippen LogP contribution < -0.4 is 15.6 Å². The fourth-order valence-electron chi connectivity index (χ4n) is 2.56. The van der Waals surface area contributed by atoms with Crippen LogP contribution in [0.15, 0.2) is 23.3 Å². The summed E-state index contributed by atoms with van der Waals surface area (Å²) in [5.74, 6) is -0.943. The van der Waals surface area contributed by atoms with Crippen molar-refractivity contribution >= 4 is 52.5 Å². The minimum atomic E-state index is -1.02. The van der Waals surface area contributed by atoms with Gasteiger partial charge in [0.2, 0.25) is 11.8 Å². The predicted molar refractivity (Wildman–Crippen MR) is 108 cm³/mol. The lowest BCUT2D eigenvalue weighted by Crippen LogP contribution is -2.34. The number of hydrogen-bond acceptors (Lipinski definition) is 5. The number of anilines is 1. The number of hydrazone groups is 1. The Morgan fingerprint density at radius 3 is 2.61 bits per heavy atom. The number of benzene rings is 1. The molecule has 152 valence electrons. The van der Waals surface area contributed by atoms with Gasteiger partial charge in [0.15, 0.2) is 0 Å². The normalized spacial score (nSPS) is 15.9. The van der Waals surface area contributed by atoms with Crippen LogP contribution in [0.3, 0.4) is 0 Å². The van der Waals surface area contributed by atoms with Crippen molar-refractivity contribution in [3.05, 3.63) is 28.2 Å². The van der Waals surface area contributed by atoms with Crippen molar-refractivity contribution in [1.82, 2.24) is 10.6 Å². The first kappa shape index (κ1) is 22.0. The molecule has 1 aliphatic heterocycles. The molecule has 3 N–H and O–H groups in total. The number of halogens is 2. The molecule has 1 aromatic carbocycles. The fraction of sp³-hybridized carbons (Fsp3) is 0.444. The lowest BCUT2D eigenvalue weighted by atomic mass is 10.1. The summed E-state index contributed by atoms with van der Waals surface area (Å²) in [5, 5.41) is 21.0. The Labute approximate surface area is 172 Å². The van der Waals surface area contributed by atoms with E-state index in [-0.39, 0.29) is 37.0 Å². The molecule has 2 amide bonds. The molecule has 1 heterocycles. The second-order valence-corrected chi connectivity index (χ2v) is 7.28. The van der Waals surface area contributed by atoms with E-state index in [9.17, 15) is 14.4 Å². The van der Waals surface area contributed by atoms with Gasteiger partial charge in [0, 0.05) is 25.3 Å². The van der Waals surface area contributed by atoms with Gasteiger partial charge in [-0.25, -0.2) is 0 Å². The van der Waals surface area contributed by atoms with E-state index < -0.39 is 5.97 Å². The van der Waals surface area contributed by atoms with Crippen LogP contribution in [0.25, 0.3) is 0 Å². The van der Waals surface area contributed by atoms with E-state index in [1.807, 2.05) is 13.0 Å². The summed E-state index contributed by atoms with van der Waals surface area (Å²) in [6.07, 6.45) is 0.389. The third-order valence-corrected chi connectivity index (χ3v) is 4.82. The molecule has 1 aromatic rings. The lowest BCUT2D eigenvalue weighted by Gasteiger charge is -2.14. The van der Waals surface area contributed by atoms with E-state index in [4.69, 9.17) is 28.3 Å². The summed E-state index contributed by atoms with van der Waals surface area (Å²) in [4.78, 5) is 33.9. The number of carbonyl (C=O) groups excluding carboxylic acids is 2. The van der Waals surface area contributed by atoms with Crippen LogP contribution in [-0.4, -0.2) is 41.8 Å². The predicted octanol–water partition coefficient (Wildman–Crippen LogP) is 2.64. The molecular weight excluding hydrogens is 407 g/mol. The van der Waals surface area contributed by atoms with Crippen LogP contribution in [0.5, 0.6) is 0 Å². The highest BCUT2D eigenvalue weighted by molar-refractivity contribution is 6.42. The number of amides is 2. The van der Waals surface area contributed by atoms with Gasteiger partial charge in [0.1, 0.15) is 5.84 Å². The maximum atomic E-state index is 12.1. The van der Waals surface area contributed by atoms with Crippen molar-refractivity contribution in [1.29, 1.82) is 0 Å². The molecule has 0 bridgehead atoms. The van der Waals surface area contributed by atoms with Gasteiger partial charge in [-0.3, -0.25) is 19.4 Å². The largest absolute Gasteiger partial charge is 0.481 e. The topological polar surface area (TPSA) is 111 Å². The van der Waals surface area contributed by atoms with Gasteiger partial charge in [0.25, 0.3) is 0 Å². The Balaban J connectivity index is 1.77. The van der Waals surface area contributed by atoms with Crippen molar-refractivity contribution in [3.8, 4) is 0 Å². The minimum Gasteiger partial charge on any atom is -0.481 e. The molecule has 28 heavy (non-hydrogen) atoms. The van der Waals surface area contributed by atoms with E-state index >= 15 is 0 Å². The molecule has 8 nitrogen and oxygen atoms in total. The van der Waals surface area contributed by atoms with Gasteiger partial charge in [-0.1, -0.05) is 30.1 Å². The average molecular weight is 429 g/mol. The summed E-state index contributed by atoms with van der Waals surface area (Å²) >= 11 is 12.0. The molecule has 0 fully saturated rings. The molecule has 10 heteroatoms. The Kier molecular flexibility index (Phi) is 8.07. The molecule has 1 atom stereocenters. The molecule has 1 unspecified atom stereocenters. The van der Waals surface area contributed by atoms with E-state index in [0.717, 1.165) is 5.69 Å². The zero-order valence-corrected chi connectivity index (χ0v) is 16.9. The number of carboxylic acid groups (broad SMARTS) is 1. The molecule has 0 aliphatic carbocycles. The molecule has 0 saturated heterocycles. The molecule has 0 radical (unpaired) electrons. The molecule has 0 saturated carbocycles. The smallest absolute Gasteiger partial charge is 0.303 e. The number of amidine groups is 1. The molecule has 0 aromatic heterocycles. The first-order valence-corrected chi connectivity index (χ1v) is 9.61. The lowest BCUT2D eigenvalue weighted by molar-refractivity contribution is -0.138. The van der Waals surface area contributed by atoms with E-state index in [2.05, 4.69) is 15.7 Å². The first-order valence-electron chi connectivity index (χ1n) is 8.85. The maximum Gasteiger partial charge on any atom is 0.303 e. The highest BCUT2D eigenvalue weighted by Crippen LogP contribution is 2.29. The standard InChI is InChI=1S/C18H22Cl2N4O4/c1-11-10-24(12-4-5-13(19)14(20)9-12)23-18(11)22-16(26)3-2-8-21-15(25)6-7-17(27)28/h4-5,9,11H,2-3,6-8,10H2,1H3,(H,21,25)(H,27,28)(H,22,23,26). The van der Waals surface area contributed by atoms with Crippen LogP contribution >= 0.6 is 23.2 Å². The molecule has 1 aliphatic rings. The van der Waals surface area contributed by atoms with Crippen LogP contribution in [0.1, 0.15) is 32.6 Å². The van der Waals surface area contributed by atoms with Crippen molar-refractivity contribution in [2.45, 2.75) is 32.6 Å². The summed E-state index contributed by atoms with van der Waals surface area (Å²) < 4.78 is 0. The van der Waals surface area contributed by atoms with Crippen molar-refractivity contribution in [2.75, 3.05) is 18.1 Å². The van der Waals surface area contributed by atoms with E-state index in [1.54, 1.807) is 17.1 Å². The van der Waals surface area contributed by atoms with Crippen molar-refractivity contribution in [3.63, 3.8) is 0 Å². The van der Waals surface area contributed by atoms with E-state index in [1.165, 1.54) is 0 Å². The molecule has 2 rings (SSSR count). The quantitative estimate of drug-likeness (QED) is 0.551. The Morgan fingerprint density at radius 2 is 1.93 bits per heavy atom. The van der Waals surface area contributed by atoms with Gasteiger partial charge < -0.3 is 15.7 Å². The second kappa shape index (κ2) is 10.3. The average Bonchev–Trinajstić information content (AvgIpc) is 2.99. The van der Waals surface area contributed by atoms with Gasteiger partial charge in [0.05, 0.1) is 28.7 Å². The summed E-state index contributed by atoms with van der Waals surface area (Å²) in [6.45, 7) is 2.87. The number of nitrogens with one attached hydrogen (secondary N) is 2. The number of rotatable bonds is 8. The van der Waals surface area contributed by atoms with E-state index in [0.29, 0.717) is 35.4 Å². The summed E-state index contributed by atoms with van der Waals surface area (Å²) in [7, 11) is 0. The third kappa shape index (κ3) is 6.69. The summed E-state index contributed by atoms with van der Waals surface area (Å²) in [6, 6.07) is 5.22. The van der Waals surface area contributed by atoms with Gasteiger partial charge >= 0.3 is 5.97 Å². The minimum absolute atomic E-state index is 0.0362. The molecule has 0 spiro atoms. The van der Waals surface area contributed by atoms with Crippen LogP contribution in [0, 0.1) is 5.92 Å². The van der Waals surface area contributed by atoms with Gasteiger partial charge in [-0.2, -0.15) is 5.10 Å². The first-order chi connectivity index (χ1) is 13.3. The van der Waals surface area contributed by atoms with Crippen molar-refractivity contribution in [2.24, 2.45) is 11.0 Å². The van der Waals surface area contributed by atoms with Crippen LogP contribution in [-0.2, 0) is 14.4 Å². The number of nitrogens with zero attached hydrogens (tertiary/aromatic N) is 2. The number of hydrogen-bond donors (Lipinski definition) is 3. The van der Waals surface area contributed by atoms with Gasteiger partial charge in [-0.05, 0) is 24.6 Å². The van der Waals surface area contributed by atoms with Crippen LogP contribution in [0.4, 0.5) is 5.69 Å². The second-order valence-electron chi connectivity index (χ2n) is 6.46. The summed E-state index contributed by atoms with van der Waals surface area (Å²) in [5.41, 5.74) is 0.787. The monoisotopic (exact) mass is 428 g/mol. The maximum absolute atomic E-state index is 12.1. The molecular formula is C18H22Cl2N4O4.